The Morgan fingerprint density at radius 1 is 0.558 bits per heavy atom. The average molecular weight is 1050 g/mol. The van der Waals surface area contributed by atoms with E-state index in [0.717, 1.165) is 55.7 Å². The number of nitrogens with one attached hydrogen (secondary N) is 4. The van der Waals surface area contributed by atoms with Gasteiger partial charge in [-0.25, -0.2) is 9.97 Å². The number of nitrogens with two attached hydrogens (primary N) is 1. The summed E-state index contributed by atoms with van der Waals surface area (Å²) < 4.78 is 12.4. The number of amides is 2. The fourth-order valence-electron chi connectivity index (χ4n) is 7.94. The molecule has 0 aliphatic rings. The Kier molecular flexibility index (Phi) is 21.3. The van der Waals surface area contributed by atoms with Crippen LogP contribution in [0.3, 0.4) is 0 Å². The molecule has 0 bridgehead atoms. The molecule has 0 radical (unpaired) electrons. The maximum atomic E-state index is 13.2. The first kappa shape index (κ1) is 57.8. The smallest absolute Gasteiger partial charge is 0.352 e. The number of pyridine rings is 2. The molecule has 1 atom stereocenters. The third kappa shape index (κ3) is 14.8. The van der Waals surface area contributed by atoms with Crippen molar-refractivity contribution in [1.29, 1.82) is 0 Å². The third-order valence-electron chi connectivity index (χ3n) is 11.4. The fourth-order valence-corrected chi connectivity index (χ4v) is 7.94. The summed E-state index contributed by atoms with van der Waals surface area (Å²) >= 11 is 0. The Morgan fingerprint density at radius 2 is 0.922 bits per heavy atom. The predicted octanol–water partition coefficient (Wildman–Crippen LogP) is 11.9. The minimum Gasteiger partial charge on any atom is -0.352 e. The summed E-state index contributed by atoms with van der Waals surface area (Å²) in [7, 11) is 1.50. The standard InChI is InChI=1S/C46H38N8O6.C6H4FNO2.C2H6.CH5N.CO2/c1-28(48-46(56)30-22-24-40(42(27-30)54(59)60)52-44-33-15-4-8-19-37(33)50-38-20-9-5-16-34(38)44)12-10-11-25-47-45(55)29-21-23-39(41(26-29)53(57)58)51-43-31-13-2-6-17-35(31)49-36-18-7-3-14-32(36)43;7-5-3-1-2-4-6(5)8(9)10;2*1-2;2-1-3/h2-9,13-24,26-28H,10-12,25H2,1H3,(H,47,55)(H,48,56)(H,49,51)(H,50,52);1-4H;1-2H3;2H2,1H3;/t28-;;;;/m1..../s1. The van der Waals surface area contributed by atoms with Crippen LogP contribution in [0.25, 0.3) is 43.6 Å². The Bertz CT molecular complexity index is 3510. The van der Waals surface area contributed by atoms with Gasteiger partial charge in [-0.3, -0.25) is 39.9 Å². The number of unbranched alkanes of at least 4 members (excludes halogenated alkanes) is 1. The second-order valence-electron chi connectivity index (χ2n) is 16.2. The SMILES string of the molecule is CC.CN.C[C@H](CCCCNC(=O)c1ccc(Nc2c3ccccc3nc3ccccc23)c([N+](=O)[O-])c1)NC(=O)c1ccc(Nc2c3ccccc3nc3ccccc23)c([N+](=O)[O-])c1.O=C=O.O=[N+]([O-])c1ccccc1F. The monoisotopic (exact) mass is 1040 g/mol. The highest BCUT2D eigenvalue weighted by molar-refractivity contribution is 6.10. The van der Waals surface area contributed by atoms with Gasteiger partial charge in [-0.2, -0.15) is 14.0 Å². The predicted molar refractivity (Wildman–Crippen MR) is 294 cm³/mol. The molecular weight excluding hydrogens is 992 g/mol. The Morgan fingerprint density at radius 3 is 1.30 bits per heavy atom. The molecular formula is C56H53FN10O10. The summed E-state index contributed by atoms with van der Waals surface area (Å²) in [6, 6.07) is 43.6. The van der Waals surface area contributed by atoms with Crippen LogP contribution in [0.4, 0.5) is 44.2 Å². The van der Waals surface area contributed by atoms with Crippen molar-refractivity contribution in [2.45, 2.75) is 46.1 Å². The van der Waals surface area contributed by atoms with E-state index in [1.54, 1.807) is 12.1 Å². The maximum absolute atomic E-state index is 13.2. The number of fused-ring (bicyclic) bond motifs is 4. The van der Waals surface area contributed by atoms with Crippen molar-refractivity contribution >= 4 is 101 Å². The van der Waals surface area contributed by atoms with E-state index in [1.165, 1.54) is 43.4 Å². The van der Waals surface area contributed by atoms with Crippen LogP contribution >= 0.6 is 0 Å². The maximum Gasteiger partial charge on any atom is 0.373 e. The summed E-state index contributed by atoms with van der Waals surface area (Å²) in [4.78, 5) is 84.6. The zero-order chi connectivity index (χ0) is 56.0. The van der Waals surface area contributed by atoms with Gasteiger partial charge in [0.25, 0.3) is 23.2 Å². The van der Waals surface area contributed by atoms with Crippen molar-refractivity contribution in [3.63, 3.8) is 0 Å². The number of aromatic nitrogens is 2. The second kappa shape index (κ2) is 28.4. The quantitative estimate of drug-likeness (QED) is 0.0276. The number of benzene rings is 7. The van der Waals surface area contributed by atoms with Crippen LogP contribution in [0.15, 0.2) is 158 Å². The molecule has 0 aliphatic heterocycles. The Balaban J connectivity index is 0.000000559. The minimum absolute atomic E-state index is 0.147. The fraction of sp³-hybridized carbons (Fsp3) is 0.161. The van der Waals surface area contributed by atoms with Crippen molar-refractivity contribution in [1.82, 2.24) is 20.6 Å². The van der Waals surface area contributed by atoms with Gasteiger partial charge in [0.15, 0.2) is 0 Å². The molecule has 394 valence electrons. The second-order valence-corrected chi connectivity index (χ2v) is 16.2. The summed E-state index contributed by atoms with van der Waals surface area (Å²) in [6.07, 6.45) is 2.06. The number of hydrogen-bond acceptors (Lipinski definition) is 15. The third-order valence-corrected chi connectivity index (χ3v) is 11.4. The molecule has 21 heteroatoms. The normalized spacial score (nSPS) is 10.6. The van der Waals surface area contributed by atoms with E-state index in [1.807, 2.05) is 118 Å². The lowest BCUT2D eigenvalue weighted by molar-refractivity contribution is -0.387. The molecule has 2 amide bonds. The number of halogens is 1. The molecule has 9 rings (SSSR count). The Hall–Kier alpha value is -10.1. The number of nitrogens with zero attached hydrogens (tertiary/aromatic N) is 5. The van der Waals surface area contributed by atoms with Gasteiger partial charge in [-0.05, 0) is 87.8 Å². The average Bonchev–Trinajstić information content (AvgIpc) is 3.45. The number of para-hydroxylation sites is 5. The van der Waals surface area contributed by atoms with Crippen LogP contribution in [-0.2, 0) is 9.59 Å². The van der Waals surface area contributed by atoms with E-state index < -0.39 is 38.1 Å². The highest BCUT2D eigenvalue weighted by Gasteiger charge is 2.22. The molecule has 77 heavy (non-hydrogen) atoms. The molecule has 0 fully saturated rings. The minimum atomic E-state index is -0.799. The van der Waals surface area contributed by atoms with E-state index in [0.29, 0.717) is 37.2 Å². The van der Waals surface area contributed by atoms with Gasteiger partial charge in [0, 0.05) is 63.5 Å². The van der Waals surface area contributed by atoms with E-state index >= 15 is 0 Å². The number of rotatable bonds is 15. The summed E-state index contributed by atoms with van der Waals surface area (Å²) in [6.45, 7) is 6.15. The van der Waals surface area contributed by atoms with Gasteiger partial charge in [0.1, 0.15) is 11.4 Å². The molecule has 0 unspecified atom stereocenters. The highest BCUT2D eigenvalue weighted by Crippen LogP contribution is 2.38. The van der Waals surface area contributed by atoms with Crippen molar-refractivity contribution < 1.29 is 38.3 Å². The molecule has 0 saturated carbocycles. The van der Waals surface area contributed by atoms with Crippen LogP contribution in [-0.4, -0.2) is 62.3 Å². The summed E-state index contributed by atoms with van der Waals surface area (Å²) in [5, 5.41) is 49.9. The number of nitro benzene ring substituents is 3. The Labute approximate surface area is 440 Å². The van der Waals surface area contributed by atoms with Crippen molar-refractivity contribution in [3.05, 3.63) is 205 Å². The lowest BCUT2D eigenvalue weighted by Gasteiger charge is -2.16. The number of hydrogen-bond donors (Lipinski definition) is 5. The topological polar surface area (TPSA) is 298 Å². The van der Waals surface area contributed by atoms with Gasteiger partial charge in [0.2, 0.25) is 5.82 Å². The first-order valence-electron chi connectivity index (χ1n) is 24.0. The molecule has 0 saturated heterocycles. The summed E-state index contributed by atoms with van der Waals surface area (Å²) in [5.41, 5.74) is 8.61. The summed E-state index contributed by atoms with van der Waals surface area (Å²) in [5.74, 6) is -1.70. The van der Waals surface area contributed by atoms with Gasteiger partial charge in [-0.15, -0.1) is 0 Å². The number of carbonyl (C=O) groups is 2. The van der Waals surface area contributed by atoms with Crippen LogP contribution in [0, 0.1) is 36.2 Å². The van der Waals surface area contributed by atoms with Gasteiger partial charge in [-0.1, -0.05) is 98.8 Å². The van der Waals surface area contributed by atoms with Crippen molar-refractivity contribution in [2.24, 2.45) is 5.73 Å². The molecule has 0 aliphatic carbocycles. The molecule has 0 spiro atoms. The zero-order valence-electron chi connectivity index (χ0n) is 42.2. The van der Waals surface area contributed by atoms with Gasteiger partial charge >= 0.3 is 11.8 Å². The molecule has 7 aromatic carbocycles. The van der Waals surface area contributed by atoms with E-state index in [-0.39, 0.29) is 46.1 Å². The molecule has 20 nitrogen and oxygen atoms in total. The molecule has 9 aromatic rings. The van der Waals surface area contributed by atoms with Crippen LogP contribution in [0.2, 0.25) is 0 Å². The first-order valence-corrected chi connectivity index (χ1v) is 24.0. The van der Waals surface area contributed by atoms with E-state index in [9.17, 15) is 44.3 Å². The zero-order valence-corrected chi connectivity index (χ0v) is 42.2. The molecule has 2 aromatic heterocycles. The van der Waals surface area contributed by atoms with Gasteiger partial charge in [0.05, 0.1) is 48.2 Å². The molecule has 6 N–H and O–H groups in total. The number of carbonyl (C=O) groups excluding carboxylic acids is 4. The van der Waals surface area contributed by atoms with Gasteiger partial charge < -0.3 is 27.0 Å². The van der Waals surface area contributed by atoms with Crippen LogP contribution in [0.1, 0.15) is 60.7 Å². The highest BCUT2D eigenvalue weighted by atomic mass is 19.1. The van der Waals surface area contributed by atoms with Crippen molar-refractivity contribution in [3.8, 4) is 0 Å². The molecule has 2 heterocycles. The van der Waals surface area contributed by atoms with Crippen LogP contribution < -0.4 is 27.0 Å². The van der Waals surface area contributed by atoms with Crippen LogP contribution in [0.5, 0.6) is 0 Å². The van der Waals surface area contributed by atoms with E-state index in [2.05, 4.69) is 27.0 Å². The largest absolute Gasteiger partial charge is 0.373 e. The van der Waals surface area contributed by atoms with Crippen molar-refractivity contribution in [2.75, 3.05) is 24.2 Å². The first-order chi connectivity index (χ1) is 37.3. The van der Waals surface area contributed by atoms with E-state index in [4.69, 9.17) is 19.6 Å². The number of nitro groups is 3. The lowest BCUT2D eigenvalue weighted by atomic mass is 10.1. The number of anilines is 4. The lowest BCUT2D eigenvalue weighted by Crippen LogP contribution is -2.32.